The average Bonchev–Trinajstić information content (AvgIpc) is 2.17. The van der Waals surface area contributed by atoms with Crippen molar-refractivity contribution in [3.8, 4) is 0 Å². The van der Waals surface area contributed by atoms with Crippen LogP contribution in [-0.4, -0.2) is 9.97 Å². The Balaban J connectivity index is 2.77. The molecule has 1 atom stereocenters. The van der Waals surface area contributed by atoms with E-state index in [9.17, 15) is 3.89 Å². The van der Waals surface area contributed by atoms with Crippen LogP contribution in [0.1, 0.15) is 32.0 Å². The van der Waals surface area contributed by atoms with Gasteiger partial charge in [0.1, 0.15) is 5.82 Å². The van der Waals surface area contributed by atoms with Gasteiger partial charge in [-0.25, -0.2) is 9.97 Å². The van der Waals surface area contributed by atoms with Crippen molar-refractivity contribution in [2.45, 2.75) is 31.1 Å². The molecule has 1 heterocycles. The van der Waals surface area contributed by atoms with Crippen LogP contribution in [0.3, 0.4) is 0 Å². The van der Waals surface area contributed by atoms with Crippen molar-refractivity contribution < 1.29 is 3.89 Å². The van der Waals surface area contributed by atoms with E-state index < -0.39 is 0 Å². The van der Waals surface area contributed by atoms with Crippen LogP contribution >= 0.6 is 12.1 Å². The van der Waals surface area contributed by atoms with Gasteiger partial charge in [-0.05, 0) is 6.42 Å². The van der Waals surface area contributed by atoms with Crippen molar-refractivity contribution in [3.63, 3.8) is 0 Å². The topological polar surface area (TPSA) is 25.8 Å². The second-order valence-corrected chi connectivity index (χ2v) is 3.29. The molecule has 2 nitrogen and oxygen atoms in total. The summed E-state index contributed by atoms with van der Waals surface area (Å²) in [5.74, 6) is 1.14. The molecule has 0 bridgehead atoms. The number of halogens is 1. The molecule has 0 saturated carbocycles. The van der Waals surface area contributed by atoms with E-state index in [1.54, 1.807) is 0 Å². The molecule has 0 N–H and O–H groups in total. The Bertz CT molecular complexity index is 237. The fraction of sp³-hybridized carbons (Fsp3) is 0.500. The van der Waals surface area contributed by atoms with Crippen LogP contribution in [0.15, 0.2) is 17.3 Å². The third kappa shape index (κ3) is 2.17. The lowest BCUT2D eigenvalue weighted by atomic mass is 10.1. The molecule has 0 radical (unpaired) electrons. The third-order valence-electron chi connectivity index (χ3n) is 1.79. The maximum atomic E-state index is 12.0. The number of rotatable bonds is 3. The Kier molecular flexibility index (Phi) is 3.47. The zero-order valence-corrected chi connectivity index (χ0v) is 7.94. The highest BCUT2D eigenvalue weighted by molar-refractivity contribution is 7.94. The highest BCUT2D eigenvalue weighted by Gasteiger charge is 2.05. The highest BCUT2D eigenvalue weighted by atomic mass is 32.2. The summed E-state index contributed by atoms with van der Waals surface area (Å²) in [6.07, 6.45) is 4.03. The molecule has 0 aliphatic carbocycles. The van der Waals surface area contributed by atoms with E-state index in [4.69, 9.17) is 0 Å². The summed E-state index contributed by atoms with van der Waals surface area (Å²) in [5, 5.41) is 0. The van der Waals surface area contributed by atoms with Crippen molar-refractivity contribution in [1.29, 1.82) is 0 Å². The molecule has 0 aromatic carbocycles. The molecule has 1 unspecified atom stereocenters. The van der Waals surface area contributed by atoms with Crippen LogP contribution in [0, 0.1) is 0 Å². The summed E-state index contributed by atoms with van der Waals surface area (Å²) < 4.78 is 12.0. The first kappa shape index (κ1) is 9.45. The Morgan fingerprint density at radius 2 is 2.08 bits per heavy atom. The zero-order chi connectivity index (χ0) is 8.97. The summed E-state index contributed by atoms with van der Waals surface area (Å²) in [7, 11) is 0. The molecule has 66 valence electrons. The largest absolute Gasteiger partial charge is 0.240 e. The molecule has 0 aliphatic rings. The van der Waals surface area contributed by atoms with Gasteiger partial charge in [-0.1, -0.05) is 13.8 Å². The van der Waals surface area contributed by atoms with Gasteiger partial charge >= 0.3 is 0 Å². The molecule has 1 rings (SSSR count). The molecular formula is C8H11FN2S. The van der Waals surface area contributed by atoms with Gasteiger partial charge in [-0.2, -0.15) is 3.89 Å². The van der Waals surface area contributed by atoms with Gasteiger partial charge in [0.15, 0.2) is 0 Å². The highest BCUT2D eigenvalue weighted by Crippen LogP contribution is 2.18. The quantitative estimate of drug-likeness (QED) is 0.725. The van der Waals surface area contributed by atoms with Crippen LogP contribution in [0.25, 0.3) is 0 Å². The summed E-state index contributed by atoms with van der Waals surface area (Å²) in [4.78, 5) is 8.56. The van der Waals surface area contributed by atoms with Crippen LogP contribution < -0.4 is 0 Å². The molecular weight excluding hydrogens is 175 g/mol. The van der Waals surface area contributed by atoms with Crippen molar-refractivity contribution in [2.24, 2.45) is 0 Å². The fourth-order valence-corrected chi connectivity index (χ4v) is 0.988. The molecule has 0 amide bonds. The van der Waals surface area contributed by atoms with E-state index in [1.807, 2.05) is 0 Å². The van der Waals surface area contributed by atoms with Gasteiger partial charge in [-0.15, -0.1) is 0 Å². The van der Waals surface area contributed by atoms with Gasteiger partial charge in [0.05, 0.1) is 17.0 Å². The van der Waals surface area contributed by atoms with E-state index in [0.717, 1.165) is 12.2 Å². The number of aromatic nitrogens is 2. The van der Waals surface area contributed by atoms with Gasteiger partial charge in [0.2, 0.25) is 0 Å². The number of hydrogen-bond acceptors (Lipinski definition) is 3. The van der Waals surface area contributed by atoms with Gasteiger partial charge in [0, 0.05) is 18.3 Å². The maximum Gasteiger partial charge on any atom is 0.131 e. The minimum atomic E-state index is 0.172. The SMILES string of the molecule is CCC(C)c1ncc(SF)cn1. The lowest BCUT2D eigenvalue weighted by Gasteiger charge is -2.05. The Morgan fingerprint density at radius 1 is 1.50 bits per heavy atom. The zero-order valence-electron chi connectivity index (χ0n) is 7.12. The molecule has 4 heteroatoms. The monoisotopic (exact) mass is 186 g/mol. The summed E-state index contributed by atoms with van der Waals surface area (Å²) in [6.45, 7) is 4.13. The smallest absolute Gasteiger partial charge is 0.131 e. The third-order valence-corrected chi connectivity index (χ3v) is 2.18. The lowest BCUT2D eigenvalue weighted by Crippen LogP contribution is -1.98. The Morgan fingerprint density at radius 3 is 2.50 bits per heavy atom. The lowest BCUT2D eigenvalue weighted by molar-refractivity contribution is 0.674. The fourth-order valence-electron chi connectivity index (χ4n) is 0.803. The number of hydrogen-bond donors (Lipinski definition) is 0. The van der Waals surface area contributed by atoms with Gasteiger partial charge < -0.3 is 0 Å². The summed E-state index contributed by atoms with van der Waals surface area (Å²) >= 11 is 0.172. The number of nitrogens with zero attached hydrogens (tertiary/aromatic N) is 2. The molecule has 0 saturated heterocycles. The maximum absolute atomic E-state index is 12.0. The first-order chi connectivity index (χ1) is 5.77. The predicted molar refractivity (Wildman–Crippen MR) is 47.7 cm³/mol. The van der Waals surface area contributed by atoms with E-state index >= 15 is 0 Å². The molecule has 0 spiro atoms. The minimum absolute atomic E-state index is 0.172. The van der Waals surface area contributed by atoms with E-state index in [2.05, 4.69) is 23.8 Å². The second kappa shape index (κ2) is 4.40. The van der Waals surface area contributed by atoms with Crippen LogP contribution in [0.2, 0.25) is 0 Å². The Labute approximate surface area is 75.9 Å². The van der Waals surface area contributed by atoms with E-state index in [0.29, 0.717) is 10.8 Å². The Hall–Kier alpha value is -0.640. The minimum Gasteiger partial charge on any atom is -0.240 e. The van der Waals surface area contributed by atoms with Crippen molar-refractivity contribution in [1.82, 2.24) is 9.97 Å². The molecule has 0 aliphatic heterocycles. The standard InChI is InChI=1S/C8H11FN2S/c1-3-6(2)8-10-4-7(12-9)5-11-8/h4-6H,3H2,1-2H3. The normalized spacial score (nSPS) is 12.9. The van der Waals surface area contributed by atoms with Gasteiger partial charge in [0.25, 0.3) is 0 Å². The predicted octanol–water partition coefficient (Wildman–Crippen LogP) is 2.97. The van der Waals surface area contributed by atoms with E-state index in [1.165, 1.54) is 12.4 Å². The second-order valence-electron chi connectivity index (χ2n) is 2.66. The summed E-state index contributed by atoms with van der Waals surface area (Å²) in [6, 6.07) is 0. The molecule has 12 heavy (non-hydrogen) atoms. The van der Waals surface area contributed by atoms with Gasteiger partial charge in [-0.3, -0.25) is 0 Å². The van der Waals surface area contributed by atoms with E-state index in [-0.39, 0.29) is 12.1 Å². The van der Waals surface area contributed by atoms with Crippen LogP contribution in [-0.2, 0) is 0 Å². The van der Waals surface area contributed by atoms with Crippen LogP contribution in [0.4, 0.5) is 3.89 Å². The first-order valence-electron chi connectivity index (χ1n) is 3.88. The van der Waals surface area contributed by atoms with Crippen molar-refractivity contribution >= 4 is 12.1 Å². The average molecular weight is 186 g/mol. The first-order valence-corrected chi connectivity index (χ1v) is 4.60. The summed E-state index contributed by atoms with van der Waals surface area (Å²) in [5.41, 5.74) is 0. The van der Waals surface area contributed by atoms with Crippen LogP contribution in [0.5, 0.6) is 0 Å². The molecule has 1 aromatic rings. The molecule has 0 fully saturated rings. The van der Waals surface area contributed by atoms with Crippen molar-refractivity contribution in [3.05, 3.63) is 18.2 Å². The molecule has 1 aromatic heterocycles. The van der Waals surface area contributed by atoms with Crippen molar-refractivity contribution in [2.75, 3.05) is 0 Å².